The summed E-state index contributed by atoms with van der Waals surface area (Å²) in [5, 5.41) is 0.736. The summed E-state index contributed by atoms with van der Waals surface area (Å²) in [4.78, 5) is 0. The van der Waals surface area contributed by atoms with Gasteiger partial charge in [-0.2, -0.15) is 0 Å². The topological polar surface area (TPSA) is 18.5 Å². The first-order valence-corrected chi connectivity index (χ1v) is 7.11. The third-order valence-corrected chi connectivity index (χ3v) is 3.27. The highest BCUT2D eigenvalue weighted by Gasteiger charge is 1.98. The van der Waals surface area contributed by atoms with Gasteiger partial charge in [-0.15, -0.1) is 0 Å². The summed E-state index contributed by atoms with van der Waals surface area (Å²) in [5.74, 6) is 0.875. The first-order chi connectivity index (χ1) is 9.78. The van der Waals surface area contributed by atoms with E-state index in [9.17, 15) is 0 Å². The van der Waals surface area contributed by atoms with E-state index in [1.54, 1.807) is 7.11 Å². The quantitative estimate of drug-likeness (QED) is 0.699. The Morgan fingerprint density at radius 1 is 1.00 bits per heavy atom. The molecule has 0 aliphatic carbocycles. The predicted octanol–water partition coefficient (Wildman–Crippen LogP) is 4.50. The number of halogens is 1. The van der Waals surface area contributed by atoms with Gasteiger partial charge >= 0.3 is 0 Å². The molecule has 0 aromatic heterocycles. The molecule has 2 aromatic carbocycles. The molecule has 20 heavy (non-hydrogen) atoms. The van der Waals surface area contributed by atoms with Crippen molar-refractivity contribution in [3.63, 3.8) is 0 Å². The third kappa shape index (κ3) is 4.87. The molecule has 0 amide bonds. The molecule has 0 radical (unpaired) electrons. The molecule has 2 rings (SSSR count). The normalized spacial score (nSPS) is 10.5. The Kier molecular flexibility index (Phi) is 5.90. The minimum atomic E-state index is 0.531. The Morgan fingerprint density at radius 3 is 2.50 bits per heavy atom. The zero-order valence-corrected chi connectivity index (χ0v) is 12.4. The van der Waals surface area contributed by atoms with Gasteiger partial charge in [0.05, 0.1) is 0 Å². The zero-order valence-electron chi connectivity index (χ0n) is 11.6. The van der Waals surface area contributed by atoms with Crippen LogP contribution >= 0.6 is 11.6 Å². The maximum absolute atomic E-state index is 5.94. The SMILES string of the molecule is COCCCc1ccc(OCc2cccc(Cl)c2)cc1. The lowest BCUT2D eigenvalue weighted by atomic mass is 10.1. The lowest BCUT2D eigenvalue weighted by molar-refractivity contribution is 0.195. The molecule has 2 nitrogen and oxygen atoms in total. The minimum absolute atomic E-state index is 0.531. The van der Waals surface area contributed by atoms with E-state index in [4.69, 9.17) is 21.1 Å². The van der Waals surface area contributed by atoms with Gasteiger partial charge < -0.3 is 9.47 Å². The van der Waals surface area contributed by atoms with Crippen molar-refractivity contribution in [2.24, 2.45) is 0 Å². The van der Waals surface area contributed by atoms with Crippen LogP contribution in [-0.4, -0.2) is 13.7 Å². The van der Waals surface area contributed by atoms with E-state index in [0.29, 0.717) is 6.61 Å². The molecule has 0 saturated carbocycles. The van der Waals surface area contributed by atoms with Crippen LogP contribution in [0.4, 0.5) is 0 Å². The van der Waals surface area contributed by atoms with Crippen LogP contribution in [0.2, 0.25) is 5.02 Å². The molecular weight excluding hydrogens is 272 g/mol. The van der Waals surface area contributed by atoms with Crippen LogP contribution in [0.1, 0.15) is 17.5 Å². The summed E-state index contributed by atoms with van der Waals surface area (Å²) in [5.41, 5.74) is 2.37. The van der Waals surface area contributed by atoms with Crippen molar-refractivity contribution in [1.82, 2.24) is 0 Å². The van der Waals surface area contributed by atoms with Crippen LogP contribution in [-0.2, 0) is 17.8 Å². The summed E-state index contributed by atoms with van der Waals surface area (Å²) in [6.07, 6.45) is 2.07. The predicted molar refractivity (Wildman–Crippen MR) is 82.4 cm³/mol. The van der Waals surface area contributed by atoms with Crippen molar-refractivity contribution >= 4 is 11.6 Å². The van der Waals surface area contributed by atoms with E-state index in [0.717, 1.165) is 35.8 Å². The minimum Gasteiger partial charge on any atom is -0.489 e. The van der Waals surface area contributed by atoms with E-state index in [2.05, 4.69) is 12.1 Å². The standard InChI is InChI=1S/C17H19ClO2/c1-19-11-3-5-14-7-9-17(10-8-14)20-13-15-4-2-6-16(18)12-15/h2,4,6-10,12H,3,5,11,13H2,1H3. The van der Waals surface area contributed by atoms with E-state index >= 15 is 0 Å². The molecule has 0 N–H and O–H groups in total. The van der Waals surface area contributed by atoms with Crippen LogP contribution < -0.4 is 4.74 Å². The fourth-order valence-electron chi connectivity index (χ4n) is 1.97. The fourth-order valence-corrected chi connectivity index (χ4v) is 2.18. The second-order valence-corrected chi connectivity index (χ2v) is 5.10. The van der Waals surface area contributed by atoms with Crippen molar-refractivity contribution in [2.75, 3.05) is 13.7 Å². The summed E-state index contributed by atoms with van der Waals surface area (Å²) in [7, 11) is 1.73. The molecule has 0 spiro atoms. The average Bonchev–Trinajstić information content (AvgIpc) is 2.47. The second-order valence-electron chi connectivity index (χ2n) is 4.66. The summed E-state index contributed by atoms with van der Waals surface area (Å²) < 4.78 is 10.8. The average molecular weight is 291 g/mol. The maximum atomic E-state index is 5.94. The van der Waals surface area contributed by atoms with Crippen molar-refractivity contribution in [3.8, 4) is 5.75 Å². The van der Waals surface area contributed by atoms with Gasteiger partial charge in [0.25, 0.3) is 0 Å². The van der Waals surface area contributed by atoms with Crippen molar-refractivity contribution in [2.45, 2.75) is 19.4 Å². The molecular formula is C17H19ClO2. The molecule has 0 saturated heterocycles. The van der Waals surface area contributed by atoms with E-state index in [-0.39, 0.29) is 0 Å². The fraction of sp³-hybridized carbons (Fsp3) is 0.294. The number of hydrogen-bond donors (Lipinski definition) is 0. The Bertz CT molecular complexity index is 523. The van der Waals surface area contributed by atoms with Gasteiger partial charge in [0, 0.05) is 18.7 Å². The molecule has 0 aliphatic heterocycles. The lowest BCUT2D eigenvalue weighted by Gasteiger charge is -2.08. The molecule has 0 atom stereocenters. The Morgan fingerprint density at radius 2 is 1.80 bits per heavy atom. The van der Waals surface area contributed by atoms with Gasteiger partial charge in [0.15, 0.2) is 0 Å². The van der Waals surface area contributed by atoms with Gasteiger partial charge in [-0.05, 0) is 48.2 Å². The Labute approximate surface area is 125 Å². The molecule has 0 heterocycles. The summed E-state index contributed by atoms with van der Waals surface area (Å²) >= 11 is 5.94. The first-order valence-electron chi connectivity index (χ1n) is 6.73. The first kappa shape index (κ1) is 14.9. The number of methoxy groups -OCH3 is 1. The smallest absolute Gasteiger partial charge is 0.119 e. The van der Waals surface area contributed by atoms with Crippen LogP contribution in [0.15, 0.2) is 48.5 Å². The van der Waals surface area contributed by atoms with E-state index in [1.165, 1.54) is 5.56 Å². The van der Waals surface area contributed by atoms with Crippen molar-refractivity contribution < 1.29 is 9.47 Å². The van der Waals surface area contributed by atoms with Gasteiger partial charge in [-0.1, -0.05) is 35.9 Å². The molecule has 0 aliphatic rings. The van der Waals surface area contributed by atoms with Crippen molar-refractivity contribution in [3.05, 3.63) is 64.7 Å². The zero-order chi connectivity index (χ0) is 14.2. The highest BCUT2D eigenvalue weighted by atomic mass is 35.5. The highest BCUT2D eigenvalue weighted by molar-refractivity contribution is 6.30. The van der Waals surface area contributed by atoms with Gasteiger partial charge in [0.1, 0.15) is 12.4 Å². The molecule has 0 unspecified atom stereocenters. The van der Waals surface area contributed by atoms with Crippen LogP contribution in [0.25, 0.3) is 0 Å². The number of rotatable bonds is 7. The Hall–Kier alpha value is -1.51. The van der Waals surface area contributed by atoms with Gasteiger partial charge in [0.2, 0.25) is 0 Å². The van der Waals surface area contributed by atoms with Crippen LogP contribution in [0.3, 0.4) is 0 Å². The second kappa shape index (κ2) is 7.93. The Balaban J connectivity index is 1.84. The number of benzene rings is 2. The highest BCUT2D eigenvalue weighted by Crippen LogP contribution is 2.16. The monoisotopic (exact) mass is 290 g/mol. The van der Waals surface area contributed by atoms with Crippen LogP contribution in [0.5, 0.6) is 5.75 Å². The molecule has 106 valence electrons. The third-order valence-electron chi connectivity index (χ3n) is 3.03. The summed E-state index contributed by atoms with van der Waals surface area (Å²) in [6, 6.07) is 15.9. The molecule has 0 fully saturated rings. The van der Waals surface area contributed by atoms with Gasteiger partial charge in [-0.25, -0.2) is 0 Å². The van der Waals surface area contributed by atoms with Gasteiger partial charge in [-0.3, -0.25) is 0 Å². The maximum Gasteiger partial charge on any atom is 0.119 e. The lowest BCUT2D eigenvalue weighted by Crippen LogP contribution is -1.96. The number of ether oxygens (including phenoxy) is 2. The van der Waals surface area contributed by atoms with E-state index in [1.807, 2.05) is 36.4 Å². The molecule has 2 aromatic rings. The summed E-state index contributed by atoms with van der Waals surface area (Å²) in [6.45, 7) is 1.33. The van der Waals surface area contributed by atoms with Crippen molar-refractivity contribution in [1.29, 1.82) is 0 Å². The number of hydrogen-bond acceptors (Lipinski definition) is 2. The largest absolute Gasteiger partial charge is 0.489 e. The molecule has 3 heteroatoms. The molecule has 0 bridgehead atoms. The van der Waals surface area contributed by atoms with Crippen LogP contribution in [0, 0.1) is 0 Å². The number of aryl methyl sites for hydroxylation is 1. The van der Waals surface area contributed by atoms with E-state index < -0.39 is 0 Å².